The molecule has 0 spiro atoms. The summed E-state index contributed by atoms with van der Waals surface area (Å²) in [6.07, 6.45) is 3.40. The molecule has 8 heteroatoms. The van der Waals surface area contributed by atoms with Gasteiger partial charge in [-0.3, -0.25) is 9.59 Å². The van der Waals surface area contributed by atoms with E-state index < -0.39 is 11.8 Å². The van der Waals surface area contributed by atoms with Crippen LogP contribution in [0.4, 0.5) is 0 Å². The molecule has 1 fully saturated rings. The van der Waals surface area contributed by atoms with Crippen LogP contribution in [-0.4, -0.2) is 48.5 Å². The summed E-state index contributed by atoms with van der Waals surface area (Å²) in [5.74, 6) is -0.696. The van der Waals surface area contributed by atoms with Gasteiger partial charge < -0.3 is 19.4 Å². The lowest BCUT2D eigenvalue weighted by molar-refractivity contribution is -0.139. The highest BCUT2D eigenvalue weighted by Crippen LogP contribution is 2.22. The summed E-state index contributed by atoms with van der Waals surface area (Å²) in [6, 6.07) is 9.82. The quantitative estimate of drug-likeness (QED) is 0.414. The number of hydrogen-bond acceptors (Lipinski definition) is 5. The van der Waals surface area contributed by atoms with Crippen LogP contribution in [0, 0.1) is 13.8 Å². The first-order valence-electron chi connectivity index (χ1n) is 10.1. The Balaban J connectivity index is 1.59. The van der Waals surface area contributed by atoms with Crippen LogP contribution in [0.25, 0.3) is 5.69 Å². The fourth-order valence-corrected chi connectivity index (χ4v) is 3.48. The average Bonchev–Trinajstić information content (AvgIpc) is 3.35. The Morgan fingerprint density at radius 1 is 1.27 bits per heavy atom. The maximum absolute atomic E-state index is 11.9. The van der Waals surface area contributed by atoms with Crippen molar-refractivity contribution in [3.8, 4) is 11.4 Å². The number of benzene rings is 1. The molecule has 2 heterocycles. The first-order chi connectivity index (χ1) is 14.5. The van der Waals surface area contributed by atoms with Crippen molar-refractivity contribution in [1.29, 1.82) is 0 Å². The minimum atomic E-state index is -0.801. The molecule has 1 aliphatic rings. The number of hydrazone groups is 1. The Kier molecular flexibility index (Phi) is 7.24. The van der Waals surface area contributed by atoms with Crippen LogP contribution in [0.1, 0.15) is 36.7 Å². The molecule has 30 heavy (non-hydrogen) atoms. The number of rotatable bonds is 7. The molecule has 0 radical (unpaired) electrons. The SMILES string of the molecule is CCOc1ccc(-n2c(C)cc(/C=N\NC(=O)C(=O)NC[C@@H]3CCCO3)c2C)cc1. The molecule has 1 aliphatic heterocycles. The minimum absolute atomic E-state index is 0.0155. The average molecular weight is 412 g/mol. The fraction of sp³-hybridized carbons (Fsp3) is 0.409. The zero-order chi connectivity index (χ0) is 21.5. The third kappa shape index (κ3) is 5.27. The van der Waals surface area contributed by atoms with Gasteiger partial charge in [-0.2, -0.15) is 5.10 Å². The Hall–Kier alpha value is -3.13. The van der Waals surface area contributed by atoms with Crippen molar-refractivity contribution in [2.75, 3.05) is 19.8 Å². The summed E-state index contributed by atoms with van der Waals surface area (Å²) in [6.45, 7) is 7.58. The van der Waals surface area contributed by atoms with Crippen molar-refractivity contribution in [3.63, 3.8) is 0 Å². The van der Waals surface area contributed by atoms with Crippen molar-refractivity contribution in [2.45, 2.75) is 39.7 Å². The third-order valence-corrected chi connectivity index (χ3v) is 4.97. The predicted octanol–water partition coefficient (Wildman–Crippen LogP) is 2.24. The van der Waals surface area contributed by atoms with E-state index in [1.54, 1.807) is 6.21 Å². The van der Waals surface area contributed by atoms with E-state index in [4.69, 9.17) is 9.47 Å². The third-order valence-electron chi connectivity index (χ3n) is 4.97. The van der Waals surface area contributed by atoms with Crippen LogP contribution in [0.5, 0.6) is 5.75 Å². The molecule has 160 valence electrons. The standard InChI is InChI=1S/C22H28N4O4/c1-4-29-19-9-7-18(8-10-19)26-15(2)12-17(16(26)3)13-24-25-22(28)21(27)23-14-20-6-5-11-30-20/h7-10,12-13,20H,4-6,11,14H2,1-3H3,(H,23,27)(H,25,28)/b24-13-/t20-/m0/s1. The van der Waals surface area contributed by atoms with Gasteiger partial charge in [-0.15, -0.1) is 0 Å². The highest BCUT2D eigenvalue weighted by molar-refractivity contribution is 6.35. The van der Waals surface area contributed by atoms with E-state index in [2.05, 4.69) is 20.4 Å². The topological polar surface area (TPSA) is 94.0 Å². The van der Waals surface area contributed by atoms with Crippen LogP contribution < -0.4 is 15.5 Å². The number of carbonyl (C=O) groups excluding carboxylic acids is 2. The molecule has 1 saturated heterocycles. The van der Waals surface area contributed by atoms with Gasteiger partial charge in [-0.1, -0.05) is 0 Å². The number of hydrogen-bond donors (Lipinski definition) is 2. The van der Waals surface area contributed by atoms with Crippen molar-refractivity contribution >= 4 is 18.0 Å². The van der Waals surface area contributed by atoms with Gasteiger partial charge in [0.2, 0.25) is 0 Å². The van der Waals surface area contributed by atoms with Gasteiger partial charge in [0.05, 0.1) is 18.9 Å². The van der Waals surface area contributed by atoms with Gasteiger partial charge in [0.15, 0.2) is 0 Å². The van der Waals surface area contributed by atoms with E-state index in [0.29, 0.717) is 19.8 Å². The van der Waals surface area contributed by atoms with E-state index in [1.165, 1.54) is 0 Å². The summed E-state index contributed by atoms with van der Waals surface area (Å²) in [5, 5.41) is 6.51. The smallest absolute Gasteiger partial charge is 0.329 e. The van der Waals surface area contributed by atoms with Crippen LogP contribution in [0.15, 0.2) is 35.4 Å². The van der Waals surface area contributed by atoms with Crippen LogP contribution in [0.3, 0.4) is 0 Å². The van der Waals surface area contributed by atoms with E-state index >= 15 is 0 Å². The molecule has 0 unspecified atom stereocenters. The van der Waals surface area contributed by atoms with Gasteiger partial charge >= 0.3 is 11.8 Å². The molecular formula is C22H28N4O4. The Morgan fingerprint density at radius 3 is 2.70 bits per heavy atom. The highest BCUT2D eigenvalue weighted by Gasteiger charge is 2.19. The first-order valence-corrected chi connectivity index (χ1v) is 10.1. The van der Waals surface area contributed by atoms with Crippen LogP contribution in [-0.2, 0) is 14.3 Å². The number of aryl methyl sites for hydroxylation is 1. The van der Waals surface area contributed by atoms with E-state index in [9.17, 15) is 9.59 Å². The second-order valence-corrected chi connectivity index (χ2v) is 7.13. The van der Waals surface area contributed by atoms with Gasteiger partial charge in [0.25, 0.3) is 0 Å². The predicted molar refractivity (Wildman–Crippen MR) is 114 cm³/mol. The van der Waals surface area contributed by atoms with Crippen LogP contribution in [0.2, 0.25) is 0 Å². The Bertz CT molecular complexity index is 912. The molecule has 3 rings (SSSR count). The zero-order valence-corrected chi connectivity index (χ0v) is 17.6. The van der Waals surface area contributed by atoms with Gasteiger partial charge in [-0.25, -0.2) is 5.43 Å². The Morgan fingerprint density at radius 2 is 2.03 bits per heavy atom. The number of carbonyl (C=O) groups is 2. The lowest BCUT2D eigenvalue weighted by Crippen LogP contribution is -2.41. The van der Waals surface area contributed by atoms with E-state index in [0.717, 1.165) is 41.2 Å². The minimum Gasteiger partial charge on any atom is -0.494 e. The lowest BCUT2D eigenvalue weighted by atomic mass is 10.2. The van der Waals surface area contributed by atoms with Gasteiger partial charge in [-0.05, 0) is 63.9 Å². The molecule has 8 nitrogen and oxygen atoms in total. The van der Waals surface area contributed by atoms with Crippen molar-refractivity contribution in [1.82, 2.24) is 15.3 Å². The molecule has 2 N–H and O–H groups in total. The summed E-state index contributed by atoms with van der Waals surface area (Å²) >= 11 is 0. The number of aromatic nitrogens is 1. The maximum Gasteiger partial charge on any atom is 0.329 e. The number of nitrogens with zero attached hydrogens (tertiary/aromatic N) is 2. The monoisotopic (exact) mass is 412 g/mol. The van der Waals surface area contributed by atoms with E-state index in [-0.39, 0.29) is 6.10 Å². The summed E-state index contributed by atoms with van der Waals surface area (Å²) in [4.78, 5) is 23.8. The number of amides is 2. The molecular weight excluding hydrogens is 384 g/mol. The van der Waals surface area contributed by atoms with Crippen molar-refractivity contribution in [3.05, 3.63) is 47.3 Å². The fourth-order valence-electron chi connectivity index (χ4n) is 3.48. The summed E-state index contributed by atoms with van der Waals surface area (Å²) in [5.41, 5.74) is 6.13. The summed E-state index contributed by atoms with van der Waals surface area (Å²) < 4.78 is 13.0. The van der Waals surface area contributed by atoms with E-state index in [1.807, 2.05) is 51.1 Å². The lowest BCUT2D eigenvalue weighted by Gasteiger charge is -2.11. The molecule has 0 saturated carbocycles. The van der Waals surface area contributed by atoms with Gasteiger partial charge in [0.1, 0.15) is 5.75 Å². The second-order valence-electron chi connectivity index (χ2n) is 7.13. The number of ether oxygens (including phenoxy) is 2. The second kappa shape index (κ2) is 10.1. The van der Waals surface area contributed by atoms with Crippen LogP contribution >= 0.6 is 0 Å². The maximum atomic E-state index is 11.9. The normalized spacial score (nSPS) is 16.0. The largest absolute Gasteiger partial charge is 0.494 e. The number of nitrogens with one attached hydrogen (secondary N) is 2. The molecule has 0 aliphatic carbocycles. The van der Waals surface area contributed by atoms with Gasteiger partial charge in [0, 0.05) is 35.8 Å². The zero-order valence-electron chi connectivity index (χ0n) is 17.6. The molecule has 1 aromatic heterocycles. The molecule has 2 aromatic rings. The molecule has 1 atom stereocenters. The molecule has 2 amide bonds. The molecule has 1 aromatic carbocycles. The summed E-state index contributed by atoms with van der Waals surface area (Å²) in [7, 11) is 0. The van der Waals surface area contributed by atoms with Crippen molar-refractivity contribution < 1.29 is 19.1 Å². The molecule has 0 bridgehead atoms. The Labute approximate surface area is 176 Å². The first kappa shape index (κ1) is 21.6. The van der Waals surface area contributed by atoms with Crippen molar-refractivity contribution in [2.24, 2.45) is 5.10 Å². The highest BCUT2D eigenvalue weighted by atomic mass is 16.5.